The van der Waals surface area contributed by atoms with E-state index in [2.05, 4.69) is 10.3 Å². The number of halogens is 1. The largest absolute Gasteiger partial charge is 0.501 e. The van der Waals surface area contributed by atoms with E-state index in [-0.39, 0.29) is 32.1 Å². The molecule has 11 heteroatoms. The molecule has 2 heterocycles. The van der Waals surface area contributed by atoms with E-state index in [1.54, 1.807) is 20.8 Å². The number of hydrogen-bond donors (Lipinski definition) is 2. The van der Waals surface area contributed by atoms with Crippen molar-refractivity contribution < 1.29 is 28.6 Å². The van der Waals surface area contributed by atoms with E-state index in [1.807, 2.05) is 0 Å². The van der Waals surface area contributed by atoms with Gasteiger partial charge in [-0.25, -0.2) is 14.2 Å². The zero-order valence-electron chi connectivity index (χ0n) is 18.9. The fourth-order valence-electron chi connectivity index (χ4n) is 3.29. The van der Waals surface area contributed by atoms with Crippen molar-refractivity contribution in [2.24, 2.45) is 7.05 Å². The highest BCUT2D eigenvalue weighted by atomic mass is 19.1. The number of aromatic nitrogens is 2. The molecular weight excluding hydrogens is 435 g/mol. The van der Waals surface area contributed by atoms with E-state index < -0.39 is 46.5 Å². The third-order valence-electron chi connectivity index (χ3n) is 4.94. The van der Waals surface area contributed by atoms with Crippen LogP contribution < -0.4 is 10.9 Å². The van der Waals surface area contributed by atoms with Gasteiger partial charge in [0, 0.05) is 20.1 Å². The normalized spacial score (nSPS) is 16.4. The molecule has 1 fully saturated rings. The predicted molar refractivity (Wildman–Crippen MR) is 115 cm³/mol. The van der Waals surface area contributed by atoms with Gasteiger partial charge in [0.05, 0.1) is 13.2 Å². The average molecular weight is 462 g/mol. The van der Waals surface area contributed by atoms with Crippen LogP contribution in [-0.2, 0) is 23.1 Å². The van der Waals surface area contributed by atoms with Crippen molar-refractivity contribution in [3.63, 3.8) is 0 Å². The molecule has 1 saturated heterocycles. The van der Waals surface area contributed by atoms with Crippen LogP contribution in [0, 0.1) is 5.82 Å². The van der Waals surface area contributed by atoms with Crippen LogP contribution in [0.5, 0.6) is 5.75 Å². The van der Waals surface area contributed by atoms with Gasteiger partial charge in [0.15, 0.2) is 5.69 Å². The number of carbonyl (C=O) groups excluding carboxylic acids is 2. The number of benzene rings is 1. The maximum atomic E-state index is 13.1. The summed E-state index contributed by atoms with van der Waals surface area (Å²) in [6.45, 7) is 5.73. The van der Waals surface area contributed by atoms with E-state index in [0.29, 0.717) is 5.56 Å². The standard InChI is InChI=1S/C22H27FN4O6/c1-22(2,3)33-21(31)27-9-10-32-12-15(27)18-25-16(17(28)20(30)26(18)4)19(29)24-11-13-5-7-14(23)8-6-13/h5-8,15,28H,9-12H2,1-4H3,(H,24,29). The van der Waals surface area contributed by atoms with E-state index >= 15 is 0 Å². The molecule has 178 valence electrons. The molecule has 33 heavy (non-hydrogen) atoms. The molecule has 0 saturated carbocycles. The smallest absolute Gasteiger partial charge is 0.411 e. The molecule has 1 aliphatic heterocycles. The van der Waals surface area contributed by atoms with Crippen LogP contribution in [0.1, 0.15) is 48.7 Å². The average Bonchev–Trinajstić information content (AvgIpc) is 2.76. The third kappa shape index (κ3) is 5.67. The van der Waals surface area contributed by atoms with Crippen LogP contribution in [0.2, 0.25) is 0 Å². The van der Waals surface area contributed by atoms with Crippen LogP contribution in [0.3, 0.4) is 0 Å². The molecule has 0 radical (unpaired) electrons. The summed E-state index contributed by atoms with van der Waals surface area (Å²) in [6, 6.07) is 4.69. The number of aromatic hydroxyl groups is 1. The quantitative estimate of drug-likeness (QED) is 0.711. The third-order valence-corrected chi connectivity index (χ3v) is 4.94. The summed E-state index contributed by atoms with van der Waals surface area (Å²) in [6.07, 6.45) is -0.611. The molecule has 2 aromatic rings. The first-order valence-electron chi connectivity index (χ1n) is 10.4. The maximum absolute atomic E-state index is 13.1. The number of nitrogens with one attached hydrogen (secondary N) is 1. The number of nitrogens with zero attached hydrogens (tertiary/aromatic N) is 3. The number of morpholine rings is 1. The second-order valence-corrected chi connectivity index (χ2v) is 8.60. The Morgan fingerprint density at radius 1 is 1.30 bits per heavy atom. The first-order chi connectivity index (χ1) is 15.5. The maximum Gasteiger partial charge on any atom is 0.411 e. The summed E-state index contributed by atoms with van der Waals surface area (Å²) in [5, 5.41) is 12.8. The SMILES string of the molecule is Cn1c(C2COCCN2C(=O)OC(C)(C)C)nc(C(=O)NCc2ccc(F)cc2)c(O)c1=O. The molecule has 1 aliphatic rings. The van der Waals surface area contributed by atoms with Crippen molar-refractivity contribution >= 4 is 12.0 Å². The second kappa shape index (κ2) is 9.57. The first-order valence-corrected chi connectivity index (χ1v) is 10.4. The van der Waals surface area contributed by atoms with Crippen LogP contribution in [-0.4, -0.2) is 56.9 Å². The lowest BCUT2D eigenvalue weighted by Gasteiger charge is -2.36. The fourth-order valence-corrected chi connectivity index (χ4v) is 3.29. The molecular formula is C22H27FN4O6. The van der Waals surface area contributed by atoms with E-state index in [1.165, 1.54) is 36.2 Å². The number of ether oxygens (including phenoxy) is 2. The Morgan fingerprint density at radius 3 is 2.61 bits per heavy atom. The summed E-state index contributed by atoms with van der Waals surface area (Å²) >= 11 is 0. The molecule has 3 rings (SSSR count). The van der Waals surface area contributed by atoms with E-state index in [4.69, 9.17) is 9.47 Å². The predicted octanol–water partition coefficient (Wildman–Crippen LogP) is 1.86. The van der Waals surface area contributed by atoms with Crippen LogP contribution >= 0.6 is 0 Å². The highest BCUT2D eigenvalue weighted by Crippen LogP contribution is 2.25. The lowest BCUT2D eigenvalue weighted by Crippen LogP contribution is -2.47. The molecule has 1 atom stereocenters. The molecule has 0 spiro atoms. The topological polar surface area (TPSA) is 123 Å². The summed E-state index contributed by atoms with van der Waals surface area (Å²) in [4.78, 5) is 43.7. The number of amides is 2. The second-order valence-electron chi connectivity index (χ2n) is 8.60. The molecule has 1 unspecified atom stereocenters. The monoisotopic (exact) mass is 462 g/mol. The van der Waals surface area contributed by atoms with Gasteiger partial charge in [0.2, 0.25) is 5.75 Å². The zero-order chi connectivity index (χ0) is 24.3. The fraction of sp³-hybridized carbons (Fsp3) is 0.455. The molecule has 1 aromatic carbocycles. The van der Waals surface area contributed by atoms with Crippen LogP contribution in [0.15, 0.2) is 29.1 Å². The summed E-state index contributed by atoms with van der Waals surface area (Å²) in [5.74, 6) is -1.96. The van der Waals surface area contributed by atoms with Gasteiger partial charge in [-0.05, 0) is 38.5 Å². The Labute approximate surface area is 189 Å². The van der Waals surface area contributed by atoms with Gasteiger partial charge in [0.1, 0.15) is 23.3 Å². The Morgan fingerprint density at radius 2 is 1.97 bits per heavy atom. The zero-order valence-corrected chi connectivity index (χ0v) is 18.9. The Hall–Kier alpha value is -3.47. The Balaban J connectivity index is 1.90. The van der Waals surface area contributed by atoms with E-state index in [0.717, 1.165) is 4.57 Å². The minimum Gasteiger partial charge on any atom is -0.501 e. The number of rotatable bonds is 4. The van der Waals surface area contributed by atoms with Gasteiger partial charge in [-0.2, -0.15) is 0 Å². The number of carbonyl (C=O) groups is 2. The number of hydrogen-bond acceptors (Lipinski definition) is 7. The van der Waals surface area contributed by atoms with Gasteiger partial charge in [-0.15, -0.1) is 0 Å². The molecule has 2 amide bonds. The minimum atomic E-state index is -0.846. The van der Waals surface area contributed by atoms with Crippen molar-refractivity contribution in [2.75, 3.05) is 19.8 Å². The van der Waals surface area contributed by atoms with Gasteiger partial charge in [-0.3, -0.25) is 19.1 Å². The highest BCUT2D eigenvalue weighted by Gasteiger charge is 2.35. The van der Waals surface area contributed by atoms with Gasteiger partial charge in [-0.1, -0.05) is 12.1 Å². The Kier molecular flexibility index (Phi) is 7.01. The molecule has 0 aliphatic carbocycles. The molecule has 2 N–H and O–H groups in total. The summed E-state index contributed by atoms with van der Waals surface area (Å²) < 4.78 is 25.1. The van der Waals surface area contributed by atoms with Gasteiger partial charge in [0.25, 0.3) is 11.5 Å². The minimum absolute atomic E-state index is 0.0287. The molecule has 10 nitrogen and oxygen atoms in total. The van der Waals surface area contributed by atoms with Crippen molar-refractivity contribution in [2.45, 2.75) is 39.0 Å². The Bertz CT molecular complexity index is 1090. The molecule has 0 bridgehead atoms. The van der Waals surface area contributed by atoms with Gasteiger partial charge < -0.3 is 19.9 Å². The van der Waals surface area contributed by atoms with Crippen molar-refractivity contribution in [1.29, 1.82) is 0 Å². The van der Waals surface area contributed by atoms with Crippen LogP contribution in [0.4, 0.5) is 9.18 Å². The molecule has 1 aromatic heterocycles. The lowest BCUT2D eigenvalue weighted by atomic mass is 10.2. The van der Waals surface area contributed by atoms with Crippen molar-refractivity contribution in [3.8, 4) is 5.75 Å². The van der Waals surface area contributed by atoms with Crippen molar-refractivity contribution in [3.05, 3.63) is 57.5 Å². The van der Waals surface area contributed by atoms with Gasteiger partial charge >= 0.3 is 6.09 Å². The van der Waals surface area contributed by atoms with Crippen LogP contribution in [0.25, 0.3) is 0 Å². The van der Waals surface area contributed by atoms with Crippen molar-refractivity contribution in [1.82, 2.24) is 19.8 Å². The summed E-state index contributed by atoms with van der Waals surface area (Å²) in [5.41, 5.74) is -1.45. The highest BCUT2D eigenvalue weighted by molar-refractivity contribution is 5.94. The van der Waals surface area contributed by atoms with E-state index in [9.17, 15) is 23.9 Å². The summed E-state index contributed by atoms with van der Waals surface area (Å²) in [7, 11) is 1.38. The lowest BCUT2D eigenvalue weighted by molar-refractivity contribution is -0.0360. The first kappa shape index (κ1) is 24.2.